The zero-order valence-corrected chi connectivity index (χ0v) is 16.1. The Hall–Kier alpha value is -1.92. The number of amides is 1. The van der Waals surface area contributed by atoms with Crippen LogP contribution in [-0.4, -0.2) is 37.0 Å². The lowest BCUT2D eigenvalue weighted by Gasteiger charge is -2.24. The normalized spacial score (nSPS) is 12.1. The molecular formula is C19H22BrFN2O2. The fraction of sp³-hybridized carbons (Fsp3) is 0.316. The Balaban J connectivity index is 1.82. The summed E-state index contributed by atoms with van der Waals surface area (Å²) in [5, 5.41) is 2.62. The summed E-state index contributed by atoms with van der Waals surface area (Å²) in [6, 6.07) is 11.9. The number of carbonyl (C=O) groups is 1. The molecule has 1 atom stereocenters. The van der Waals surface area contributed by atoms with Crippen molar-refractivity contribution >= 4 is 27.5 Å². The van der Waals surface area contributed by atoms with Crippen molar-refractivity contribution in [2.75, 3.05) is 25.5 Å². The Kier molecular flexibility index (Phi) is 6.96. The minimum Gasteiger partial charge on any atom is -0.492 e. The van der Waals surface area contributed by atoms with Gasteiger partial charge in [0, 0.05) is 11.0 Å². The van der Waals surface area contributed by atoms with Gasteiger partial charge in [-0.2, -0.15) is 0 Å². The first kappa shape index (κ1) is 19.4. The van der Waals surface area contributed by atoms with Crippen LogP contribution in [0.2, 0.25) is 0 Å². The van der Waals surface area contributed by atoms with E-state index < -0.39 is 11.9 Å². The van der Waals surface area contributed by atoms with Crippen molar-refractivity contribution < 1.29 is 13.9 Å². The summed E-state index contributed by atoms with van der Waals surface area (Å²) in [5.41, 5.74) is 1.35. The molecule has 0 aliphatic heterocycles. The van der Waals surface area contributed by atoms with Gasteiger partial charge in [-0.15, -0.1) is 0 Å². The van der Waals surface area contributed by atoms with E-state index in [1.807, 2.05) is 43.1 Å². The van der Waals surface area contributed by atoms with E-state index in [-0.39, 0.29) is 11.6 Å². The second-order valence-corrected chi connectivity index (χ2v) is 6.85. The molecule has 0 bridgehead atoms. The average Bonchev–Trinajstić information content (AvgIpc) is 2.58. The number of nitrogens with zero attached hydrogens (tertiary/aromatic N) is 1. The van der Waals surface area contributed by atoms with E-state index in [1.54, 1.807) is 13.0 Å². The number of hydrogen-bond acceptors (Lipinski definition) is 3. The van der Waals surface area contributed by atoms with Gasteiger partial charge in [0.25, 0.3) is 0 Å². The number of hydrogen-bond donors (Lipinski definition) is 1. The molecular weight excluding hydrogens is 387 g/mol. The largest absolute Gasteiger partial charge is 0.492 e. The van der Waals surface area contributed by atoms with Crippen LogP contribution in [0.4, 0.5) is 10.1 Å². The number of halogens is 2. The lowest BCUT2D eigenvalue weighted by Crippen LogP contribution is -2.41. The first-order valence-corrected chi connectivity index (χ1v) is 8.81. The summed E-state index contributed by atoms with van der Waals surface area (Å²) in [5.74, 6) is 0.0624. The third kappa shape index (κ3) is 5.83. The minimum absolute atomic E-state index is 0.171. The monoisotopic (exact) mass is 408 g/mol. The van der Waals surface area contributed by atoms with Crippen molar-refractivity contribution in [3.05, 3.63) is 58.3 Å². The van der Waals surface area contributed by atoms with Gasteiger partial charge >= 0.3 is 0 Å². The first-order chi connectivity index (χ1) is 11.9. The second kappa shape index (κ2) is 8.97. The Morgan fingerprint density at radius 2 is 1.96 bits per heavy atom. The van der Waals surface area contributed by atoms with E-state index in [9.17, 15) is 9.18 Å². The number of anilines is 1. The smallest absolute Gasteiger partial charge is 0.241 e. The molecule has 0 aliphatic rings. The molecule has 1 amide bonds. The van der Waals surface area contributed by atoms with Crippen LogP contribution in [0.5, 0.6) is 5.75 Å². The summed E-state index contributed by atoms with van der Waals surface area (Å²) in [6.45, 7) is 4.83. The van der Waals surface area contributed by atoms with Crippen LogP contribution < -0.4 is 10.1 Å². The SMILES string of the molecule is Cc1ccc(OCCN(C)C(C)C(=O)Nc2ccc(Br)cc2F)cc1. The van der Waals surface area contributed by atoms with E-state index in [1.165, 1.54) is 17.7 Å². The molecule has 25 heavy (non-hydrogen) atoms. The number of benzene rings is 2. The molecule has 0 saturated carbocycles. The van der Waals surface area contributed by atoms with E-state index in [0.717, 1.165) is 5.75 Å². The van der Waals surface area contributed by atoms with Gasteiger partial charge in [0.05, 0.1) is 11.7 Å². The Bertz CT molecular complexity index is 722. The molecule has 2 aromatic carbocycles. The van der Waals surface area contributed by atoms with Crippen molar-refractivity contribution in [3.63, 3.8) is 0 Å². The predicted octanol–water partition coefficient (Wildman–Crippen LogP) is 4.23. The zero-order chi connectivity index (χ0) is 18.4. The molecule has 0 spiro atoms. The minimum atomic E-state index is -0.472. The van der Waals surface area contributed by atoms with Crippen LogP contribution >= 0.6 is 15.9 Å². The van der Waals surface area contributed by atoms with Crippen LogP contribution in [0.1, 0.15) is 12.5 Å². The lowest BCUT2D eigenvalue weighted by molar-refractivity contribution is -0.120. The van der Waals surface area contributed by atoms with Crippen LogP contribution in [0.3, 0.4) is 0 Å². The van der Waals surface area contributed by atoms with Crippen molar-refractivity contribution in [1.82, 2.24) is 4.90 Å². The van der Waals surface area contributed by atoms with Crippen LogP contribution in [0, 0.1) is 12.7 Å². The van der Waals surface area contributed by atoms with Gasteiger partial charge in [0.15, 0.2) is 0 Å². The Labute approximate surface area is 156 Å². The summed E-state index contributed by atoms with van der Waals surface area (Å²) in [6.07, 6.45) is 0. The van der Waals surface area contributed by atoms with Gasteiger partial charge in [0.1, 0.15) is 18.2 Å². The predicted molar refractivity (Wildman–Crippen MR) is 101 cm³/mol. The van der Waals surface area contributed by atoms with Crippen LogP contribution in [0.25, 0.3) is 0 Å². The van der Waals surface area contributed by atoms with Crippen LogP contribution in [0.15, 0.2) is 46.9 Å². The zero-order valence-electron chi connectivity index (χ0n) is 14.6. The second-order valence-electron chi connectivity index (χ2n) is 5.93. The van der Waals surface area contributed by atoms with Crippen molar-refractivity contribution in [1.29, 1.82) is 0 Å². The van der Waals surface area contributed by atoms with Gasteiger partial charge in [0.2, 0.25) is 5.91 Å². The van der Waals surface area contributed by atoms with Gasteiger partial charge < -0.3 is 10.1 Å². The highest BCUT2D eigenvalue weighted by Gasteiger charge is 2.19. The maximum Gasteiger partial charge on any atom is 0.241 e. The fourth-order valence-corrected chi connectivity index (χ4v) is 2.50. The van der Waals surface area contributed by atoms with Crippen LogP contribution in [-0.2, 0) is 4.79 Å². The maximum atomic E-state index is 13.8. The molecule has 0 heterocycles. The summed E-state index contributed by atoms with van der Waals surface area (Å²) in [4.78, 5) is 14.2. The topological polar surface area (TPSA) is 41.6 Å². The molecule has 134 valence electrons. The van der Waals surface area contributed by atoms with E-state index in [0.29, 0.717) is 17.6 Å². The molecule has 2 aromatic rings. The van der Waals surface area contributed by atoms with E-state index >= 15 is 0 Å². The molecule has 6 heteroatoms. The molecule has 0 fully saturated rings. The highest BCUT2D eigenvalue weighted by Crippen LogP contribution is 2.19. The molecule has 1 unspecified atom stereocenters. The molecule has 2 rings (SSSR count). The van der Waals surface area contributed by atoms with Gasteiger partial charge in [-0.05, 0) is 51.2 Å². The molecule has 0 aromatic heterocycles. The molecule has 1 N–H and O–H groups in total. The highest BCUT2D eigenvalue weighted by molar-refractivity contribution is 9.10. The van der Waals surface area contributed by atoms with Gasteiger partial charge in [-0.25, -0.2) is 4.39 Å². The molecule has 4 nitrogen and oxygen atoms in total. The third-order valence-corrected chi connectivity index (χ3v) is 4.46. The average molecular weight is 409 g/mol. The number of nitrogens with one attached hydrogen (secondary N) is 1. The van der Waals surface area contributed by atoms with E-state index in [4.69, 9.17) is 4.74 Å². The summed E-state index contributed by atoms with van der Waals surface area (Å²) < 4.78 is 20.1. The molecule has 0 aliphatic carbocycles. The van der Waals surface area contributed by atoms with Gasteiger partial charge in [-0.3, -0.25) is 9.69 Å². The standard InChI is InChI=1S/C19H22BrFN2O2/c1-13-4-7-16(8-5-13)25-11-10-23(3)14(2)19(24)22-18-9-6-15(20)12-17(18)21/h4-9,12,14H,10-11H2,1-3H3,(H,22,24). The van der Waals surface area contributed by atoms with Gasteiger partial charge in [-0.1, -0.05) is 33.6 Å². The van der Waals surface area contributed by atoms with Crippen molar-refractivity contribution in [2.45, 2.75) is 19.9 Å². The highest BCUT2D eigenvalue weighted by atomic mass is 79.9. The quantitative estimate of drug-likeness (QED) is 0.744. The first-order valence-electron chi connectivity index (χ1n) is 8.02. The Morgan fingerprint density at radius 3 is 2.60 bits per heavy atom. The molecule has 0 saturated heterocycles. The number of rotatable bonds is 7. The number of ether oxygens (including phenoxy) is 1. The summed E-state index contributed by atoms with van der Waals surface area (Å²) in [7, 11) is 1.83. The molecule has 0 radical (unpaired) electrons. The van der Waals surface area contributed by atoms with Crippen molar-refractivity contribution in [3.8, 4) is 5.75 Å². The number of aryl methyl sites for hydroxylation is 1. The number of likely N-dealkylation sites (N-methyl/N-ethyl adjacent to an activating group) is 1. The third-order valence-electron chi connectivity index (χ3n) is 3.96. The van der Waals surface area contributed by atoms with Crippen molar-refractivity contribution in [2.24, 2.45) is 0 Å². The fourth-order valence-electron chi connectivity index (χ4n) is 2.16. The number of carbonyl (C=O) groups excluding carboxylic acids is 1. The van der Waals surface area contributed by atoms with E-state index in [2.05, 4.69) is 21.2 Å². The summed E-state index contributed by atoms with van der Waals surface area (Å²) >= 11 is 3.19. The lowest BCUT2D eigenvalue weighted by atomic mass is 10.2. The Morgan fingerprint density at radius 1 is 1.28 bits per heavy atom. The maximum absolute atomic E-state index is 13.8.